The monoisotopic (exact) mass is 464 g/mol. The topological polar surface area (TPSA) is 85.6 Å². The van der Waals surface area contributed by atoms with Gasteiger partial charge in [-0.15, -0.1) is 11.3 Å². The SMILES string of the molecule is O=C(CCn1c2ccccc2c2nc3ccccc3nc21)NCc1csc(-c2ccncc2)n1. The third-order valence-electron chi connectivity index (χ3n) is 5.77. The summed E-state index contributed by atoms with van der Waals surface area (Å²) >= 11 is 1.56. The van der Waals surface area contributed by atoms with Gasteiger partial charge in [0, 0.05) is 41.7 Å². The van der Waals surface area contributed by atoms with Crippen molar-refractivity contribution in [3.8, 4) is 10.6 Å². The molecule has 0 saturated heterocycles. The molecule has 4 heterocycles. The molecular formula is C26H20N6OS. The van der Waals surface area contributed by atoms with Crippen LogP contribution in [0, 0.1) is 0 Å². The Kier molecular flexibility index (Phi) is 5.20. The molecule has 0 unspecified atom stereocenters. The van der Waals surface area contributed by atoms with Crippen molar-refractivity contribution in [2.45, 2.75) is 19.5 Å². The van der Waals surface area contributed by atoms with Crippen LogP contribution in [0.5, 0.6) is 0 Å². The van der Waals surface area contributed by atoms with Crippen LogP contribution in [0.15, 0.2) is 78.4 Å². The Balaban J connectivity index is 1.20. The number of para-hydroxylation sites is 3. The molecular weight excluding hydrogens is 444 g/mol. The van der Waals surface area contributed by atoms with Crippen LogP contribution in [0.4, 0.5) is 0 Å². The number of hydrogen-bond donors (Lipinski definition) is 1. The van der Waals surface area contributed by atoms with E-state index in [1.54, 1.807) is 23.7 Å². The second kappa shape index (κ2) is 8.64. The molecule has 34 heavy (non-hydrogen) atoms. The molecule has 0 aliphatic carbocycles. The highest BCUT2D eigenvalue weighted by Crippen LogP contribution is 2.28. The van der Waals surface area contributed by atoms with E-state index in [9.17, 15) is 4.79 Å². The summed E-state index contributed by atoms with van der Waals surface area (Å²) in [6.07, 6.45) is 3.84. The molecule has 0 fully saturated rings. The lowest BCUT2D eigenvalue weighted by molar-refractivity contribution is -0.121. The highest BCUT2D eigenvalue weighted by molar-refractivity contribution is 7.13. The fraction of sp³-hybridized carbons (Fsp3) is 0.115. The number of nitrogens with one attached hydrogen (secondary N) is 1. The number of nitrogens with zero attached hydrogens (tertiary/aromatic N) is 5. The maximum Gasteiger partial charge on any atom is 0.222 e. The molecule has 0 aliphatic heterocycles. The quantitative estimate of drug-likeness (QED) is 0.376. The first-order chi connectivity index (χ1) is 16.8. The molecule has 166 valence electrons. The van der Waals surface area contributed by atoms with Crippen LogP contribution in [-0.2, 0) is 17.9 Å². The first-order valence-corrected chi connectivity index (χ1v) is 11.9. The van der Waals surface area contributed by atoms with Crippen molar-refractivity contribution < 1.29 is 4.79 Å². The van der Waals surface area contributed by atoms with Crippen LogP contribution in [0.3, 0.4) is 0 Å². The molecule has 8 heteroatoms. The number of pyridine rings is 1. The van der Waals surface area contributed by atoms with Gasteiger partial charge in [0.05, 0.1) is 28.8 Å². The number of hydrogen-bond acceptors (Lipinski definition) is 6. The van der Waals surface area contributed by atoms with E-state index >= 15 is 0 Å². The van der Waals surface area contributed by atoms with E-state index in [0.29, 0.717) is 19.5 Å². The maximum atomic E-state index is 12.7. The number of amides is 1. The first kappa shape index (κ1) is 20.4. The predicted molar refractivity (Wildman–Crippen MR) is 134 cm³/mol. The van der Waals surface area contributed by atoms with E-state index in [1.807, 2.05) is 53.9 Å². The van der Waals surface area contributed by atoms with E-state index in [0.717, 1.165) is 49.4 Å². The lowest BCUT2D eigenvalue weighted by Gasteiger charge is -2.08. The standard InChI is InChI=1S/C26H20N6OS/c33-23(28-15-18-16-34-26(29-18)17-9-12-27-13-10-17)11-14-32-22-8-4-1-5-19(22)24-25(32)31-21-7-3-2-6-20(21)30-24/h1-10,12-13,16H,11,14-15H2,(H,28,33). The molecule has 2 aromatic carbocycles. The number of thiazole rings is 1. The Morgan fingerprint density at radius 3 is 2.53 bits per heavy atom. The van der Waals surface area contributed by atoms with Crippen molar-refractivity contribution in [3.05, 3.63) is 84.1 Å². The summed E-state index contributed by atoms with van der Waals surface area (Å²) in [5, 5.41) is 6.93. The van der Waals surface area contributed by atoms with Crippen LogP contribution in [0.25, 0.3) is 43.7 Å². The van der Waals surface area contributed by atoms with E-state index in [2.05, 4.69) is 32.0 Å². The number of carbonyl (C=O) groups excluding carboxylic acids is 1. The summed E-state index contributed by atoms with van der Waals surface area (Å²) in [5.74, 6) is -0.0295. The van der Waals surface area contributed by atoms with Gasteiger partial charge in [-0.3, -0.25) is 9.78 Å². The van der Waals surface area contributed by atoms with Crippen LogP contribution in [-0.4, -0.2) is 30.4 Å². The fourth-order valence-electron chi connectivity index (χ4n) is 4.12. The molecule has 0 aliphatic rings. The van der Waals surface area contributed by atoms with Gasteiger partial charge >= 0.3 is 0 Å². The molecule has 1 N–H and O–H groups in total. The van der Waals surface area contributed by atoms with Gasteiger partial charge in [-0.25, -0.2) is 15.0 Å². The molecule has 0 bridgehead atoms. The average molecular weight is 465 g/mol. The Hall–Kier alpha value is -4.17. The molecule has 1 amide bonds. The van der Waals surface area contributed by atoms with Crippen LogP contribution in [0.1, 0.15) is 12.1 Å². The molecule has 7 nitrogen and oxygen atoms in total. The third-order valence-corrected chi connectivity index (χ3v) is 6.71. The molecule has 0 saturated carbocycles. The average Bonchev–Trinajstić information content (AvgIpc) is 3.48. The lowest BCUT2D eigenvalue weighted by atomic mass is 10.2. The van der Waals surface area contributed by atoms with Crippen molar-refractivity contribution in [3.63, 3.8) is 0 Å². The lowest BCUT2D eigenvalue weighted by Crippen LogP contribution is -2.24. The van der Waals surface area contributed by atoms with Crippen molar-refractivity contribution in [2.75, 3.05) is 0 Å². The molecule has 6 rings (SSSR count). The van der Waals surface area contributed by atoms with E-state index < -0.39 is 0 Å². The Morgan fingerprint density at radius 2 is 1.68 bits per heavy atom. The second-order valence-electron chi connectivity index (χ2n) is 7.96. The van der Waals surface area contributed by atoms with Gasteiger partial charge in [-0.1, -0.05) is 30.3 Å². The number of rotatable bonds is 6. The Bertz CT molecular complexity index is 1640. The zero-order chi connectivity index (χ0) is 22.9. The van der Waals surface area contributed by atoms with E-state index in [4.69, 9.17) is 9.97 Å². The highest BCUT2D eigenvalue weighted by atomic mass is 32.1. The number of aromatic nitrogens is 5. The molecule has 0 atom stereocenters. The number of fused-ring (bicyclic) bond motifs is 4. The minimum absolute atomic E-state index is 0.0295. The number of aryl methyl sites for hydroxylation is 1. The van der Waals surface area contributed by atoms with Gasteiger partial charge in [0.25, 0.3) is 0 Å². The maximum absolute atomic E-state index is 12.7. The van der Waals surface area contributed by atoms with Gasteiger partial charge in [-0.2, -0.15) is 0 Å². The number of carbonyl (C=O) groups is 1. The van der Waals surface area contributed by atoms with E-state index in [-0.39, 0.29) is 5.91 Å². The van der Waals surface area contributed by atoms with Gasteiger partial charge in [0.15, 0.2) is 5.65 Å². The zero-order valence-electron chi connectivity index (χ0n) is 18.2. The minimum atomic E-state index is -0.0295. The predicted octanol–water partition coefficient (Wildman–Crippen LogP) is 4.96. The summed E-state index contributed by atoms with van der Waals surface area (Å²) in [7, 11) is 0. The van der Waals surface area contributed by atoms with Gasteiger partial charge in [0.1, 0.15) is 10.5 Å². The molecule has 6 aromatic rings. The van der Waals surface area contributed by atoms with Gasteiger partial charge in [0.2, 0.25) is 5.91 Å². The van der Waals surface area contributed by atoms with Crippen LogP contribution >= 0.6 is 11.3 Å². The zero-order valence-corrected chi connectivity index (χ0v) is 19.0. The number of benzene rings is 2. The second-order valence-corrected chi connectivity index (χ2v) is 8.82. The Labute approximate surface area is 199 Å². The summed E-state index contributed by atoms with van der Waals surface area (Å²) in [6.45, 7) is 0.917. The first-order valence-electron chi connectivity index (χ1n) is 11.0. The van der Waals surface area contributed by atoms with Crippen molar-refractivity contribution in [2.24, 2.45) is 0 Å². The summed E-state index contributed by atoms with van der Waals surface area (Å²) in [4.78, 5) is 31.1. The molecule has 4 aromatic heterocycles. The normalized spacial score (nSPS) is 11.4. The summed E-state index contributed by atoms with van der Waals surface area (Å²) in [5.41, 5.74) is 6.27. The van der Waals surface area contributed by atoms with Crippen LogP contribution in [0.2, 0.25) is 0 Å². The van der Waals surface area contributed by atoms with Gasteiger partial charge < -0.3 is 9.88 Å². The van der Waals surface area contributed by atoms with Gasteiger partial charge in [-0.05, 0) is 30.3 Å². The molecule has 0 radical (unpaired) electrons. The van der Waals surface area contributed by atoms with Crippen LogP contribution < -0.4 is 5.32 Å². The molecule has 0 spiro atoms. The Morgan fingerprint density at radius 1 is 0.912 bits per heavy atom. The summed E-state index contributed by atoms with van der Waals surface area (Å²) in [6, 6.07) is 19.8. The van der Waals surface area contributed by atoms with Crippen molar-refractivity contribution in [1.82, 2.24) is 29.8 Å². The highest BCUT2D eigenvalue weighted by Gasteiger charge is 2.15. The van der Waals surface area contributed by atoms with Crippen molar-refractivity contribution in [1.29, 1.82) is 0 Å². The third kappa shape index (κ3) is 3.78. The smallest absolute Gasteiger partial charge is 0.222 e. The summed E-state index contributed by atoms with van der Waals surface area (Å²) < 4.78 is 2.09. The largest absolute Gasteiger partial charge is 0.350 e. The minimum Gasteiger partial charge on any atom is -0.350 e. The fourth-order valence-corrected chi connectivity index (χ4v) is 4.94. The van der Waals surface area contributed by atoms with Crippen molar-refractivity contribution >= 4 is 50.3 Å². The van der Waals surface area contributed by atoms with E-state index in [1.165, 1.54) is 0 Å².